The Kier molecular flexibility index (Phi) is 4.84. The van der Waals surface area contributed by atoms with Crippen molar-refractivity contribution >= 4 is 5.97 Å². The molecule has 1 unspecified atom stereocenters. The third-order valence-corrected chi connectivity index (χ3v) is 3.30. The van der Waals surface area contributed by atoms with Gasteiger partial charge in [-0.05, 0) is 43.7 Å². The van der Waals surface area contributed by atoms with Crippen LogP contribution in [0, 0.1) is 11.7 Å². The van der Waals surface area contributed by atoms with Crippen LogP contribution in [0.1, 0.15) is 36.7 Å². The second-order valence-electron chi connectivity index (χ2n) is 5.05. The maximum Gasteiger partial charge on any atom is 0.335 e. The fourth-order valence-electron chi connectivity index (χ4n) is 1.81. The van der Waals surface area contributed by atoms with Gasteiger partial charge in [-0.25, -0.2) is 9.18 Å². The van der Waals surface area contributed by atoms with Gasteiger partial charge in [-0.3, -0.25) is 4.90 Å². The van der Waals surface area contributed by atoms with E-state index in [0.29, 0.717) is 24.1 Å². The van der Waals surface area contributed by atoms with Crippen LogP contribution in [0.15, 0.2) is 18.2 Å². The molecule has 0 saturated heterocycles. The van der Waals surface area contributed by atoms with Crippen molar-refractivity contribution in [1.82, 2.24) is 4.90 Å². The predicted molar refractivity (Wildman–Crippen MR) is 69.1 cm³/mol. The molecule has 0 aliphatic heterocycles. The molecule has 0 aliphatic carbocycles. The summed E-state index contributed by atoms with van der Waals surface area (Å²) in [6.45, 7) is 6.88. The molecule has 18 heavy (non-hydrogen) atoms. The van der Waals surface area contributed by atoms with Crippen LogP contribution < -0.4 is 0 Å². The average Bonchev–Trinajstić information content (AvgIpc) is 2.26. The van der Waals surface area contributed by atoms with Crippen molar-refractivity contribution < 1.29 is 14.3 Å². The smallest absolute Gasteiger partial charge is 0.335 e. The van der Waals surface area contributed by atoms with Crippen LogP contribution in [0.25, 0.3) is 0 Å². The number of hydrogen-bond donors (Lipinski definition) is 1. The Morgan fingerprint density at radius 2 is 1.94 bits per heavy atom. The summed E-state index contributed by atoms with van der Waals surface area (Å²) < 4.78 is 13.3. The Hall–Kier alpha value is -1.42. The van der Waals surface area contributed by atoms with Gasteiger partial charge in [-0.1, -0.05) is 13.8 Å². The molecule has 4 heteroatoms. The molecule has 1 aromatic rings. The standard InChI is InChI=1S/C14H20FNO2/c1-9(2)10(3)16(4)8-11-5-12(14(17)18)7-13(15)6-11/h5-7,9-10H,8H2,1-4H3,(H,17,18). The molecule has 1 rings (SSSR count). The molecule has 1 atom stereocenters. The van der Waals surface area contributed by atoms with Gasteiger partial charge in [-0.15, -0.1) is 0 Å². The fraction of sp³-hybridized carbons (Fsp3) is 0.500. The number of carboxylic acid groups (broad SMARTS) is 1. The van der Waals surface area contributed by atoms with E-state index in [0.717, 1.165) is 6.07 Å². The SMILES string of the molecule is CC(C)C(C)N(C)Cc1cc(F)cc(C(=O)O)c1. The minimum atomic E-state index is -1.10. The Bertz CT molecular complexity index is 432. The molecule has 0 aliphatic rings. The van der Waals surface area contributed by atoms with Crippen LogP contribution in [-0.4, -0.2) is 29.1 Å². The molecule has 0 radical (unpaired) electrons. The highest BCUT2D eigenvalue weighted by Crippen LogP contribution is 2.15. The van der Waals surface area contributed by atoms with Crippen LogP contribution in [0.4, 0.5) is 4.39 Å². The molecule has 0 bridgehead atoms. The number of carbonyl (C=O) groups is 1. The number of nitrogens with zero attached hydrogens (tertiary/aromatic N) is 1. The van der Waals surface area contributed by atoms with Crippen molar-refractivity contribution in [2.24, 2.45) is 5.92 Å². The molecule has 1 aromatic carbocycles. The van der Waals surface area contributed by atoms with E-state index in [1.165, 1.54) is 12.1 Å². The number of aromatic carboxylic acids is 1. The van der Waals surface area contributed by atoms with Gasteiger partial charge < -0.3 is 5.11 Å². The van der Waals surface area contributed by atoms with Gasteiger partial charge in [-0.2, -0.15) is 0 Å². The Balaban J connectivity index is 2.87. The van der Waals surface area contributed by atoms with Crippen LogP contribution in [0.5, 0.6) is 0 Å². The number of rotatable bonds is 5. The van der Waals surface area contributed by atoms with E-state index in [4.69, 9.17) is 5.11 Å². The third kappa shape index (κ3) is 3.81. The second-order valence-corrected chi connectivity index (χ2v) is 5.05. The molecule has 0 saturated carbocycles. The van der Waals surface area contributed by atoms with E-state index in [9.17, 15) is 9.18 Å². The van der Waals surface area contributed by atoms with E-state index in [1.54, 1.807) is 0 Å². The Morgan fingerprint density at radius 3 is 2.44 bits per heavy atom. The highest BCUT2D eigenvalue weighted by atomic mass is 19.1. The molecular formula is C14H20FNO2. The lowest BCUT2D eigenvalue weighted by atomic mass is 10.0. The summed E-state index contributed by atoms with van der Waals surface area (Å²) in [4.78, 5) is 12.9. The average molecular weight is 253 g/mol. The Morgan fingerprint density at radius 1 is 1.33 bits per heavy atom. The molecule has 3 nitrogen and oxygen atoms in total. The zero-order valence-corrected chi connectivity index (χ0v) is 11.3. The highest BCUT2D eigenvalue weighted by molar-refractivity contribution is 5.87. The summed E-state index contributed by atoms with van der Waals surface area (Å²) in [5, 5.41) is 8.88. The molecule has 100 valence electrons. The quantitative estimate of drug-likeness (QED) is 0.877. The maximum atomic E-state index is 13.3. The normalized spacial score (nSPS) is 13.1. The van der Waals surface area contributed by atoms with Gasteiger partial charge in [0, 0.05) is 12.6 Å². The van der Waals surface area contributed by atoms with Gasteiger partial charge in [0.1, 0.15) is 5.82 Å². The minimum absolute atomic E-state index is 0.00407. The van der Waals surface area contributed by atoms with E-state index in [1.807, 2.05) is 7.05 Å². The van der Waals surface area contributed by atoms with Crippen molar-refractivity contribution in [1.29, 1.82) is 0 Å². The summed E-state index contributed by atoms with van der Waals surface area (Å²) >= 11 is 0. The lowest BCUT2D eigenvalue weighted by Gasteiger charge is -2.27. The summed E-state index contributed by atoms with van der Waals surface area (Å²) in [5.74, 6) is -1.12. The van der Waals surface area contributed by atoms with E-state index in [2.05, 4.69) is 25.7 Å². The van der Waals surface area contributed by atoms with Crippen molar-refractivity contribution in [3.05, 3.63) is 35.1 Å². The van der Waals surface area contributed by atoms with Crippen LogP contribution >= 0.6 is 0 Å². The van der Waals surface area contributed by atoms with Crippen molar-refractivity contribution in [3.63, 3.8) is 0 Å². The highest BCUT2D eigenvalue weighted by Gasteiger charge is 2.14. The first-order valence-electron chi connectivity index (χ1n) is 6.04. The predicted octanol–water partition coefficient (Wildman–Crippen LogP) is 3.00. The number of halogens is 1. The monoisotopic (exact) mass is 253 g/mol. The first kappa shape index (κ1) is 14.6. The first-order chi connectivity index (χ1) is 8.31. The minimum Gasteiger partial charge on any atom is -0.478 e. The molecule has 1 N–H and O–H groups in total. The lowest BCUT2D eigenvalue weighted by molar-refractivity contribution is 0.0696. The largest absolute Gasteiger partial charge is 0.478 e. The fourth-order valence-corrected chi connectivity index (χ4v) is 1.81. The van der Waals surface area contributed by atoms with Gasteiger partial charge in [0.15, 0.2) is 0 Å². The molecule has 0 fully saturated rings. The number of benzene rings is 1. The topological polar surface area (TPSA) is 40.5 Å². The summed E-state index contributed by atoms with van der Waals surface area (Å²) in [6, 6.07) is 4.30. The Labute approximate surface area is 107 Å². The van der Waals surface area contributed by atoms with Crippen molar-refractivity contribution in [2.45, 2.75) is 33.4 Å². The van der Waals surface area contributed by atoms with Gasteiger partial charge in [0.05, 0.1) is 5.56 Å². The first-order valence-corrected chi connectivity index (χ1v) is 6.04. The number of hydrogen-bond acceptors (Lipinski definition) is 2. The molecule has 0 aromatic heterocycles. The van der Waals surface area contributed by atoms with Crippen molar-refractivity contribution in [2.75, 3.05) is 7.05 Å². The summed E-state index contributed by atoms with van der Waals surface area (Å²) in [7, 11) is 1.95. The summed E-state index contributed by atoms with van der Waals surface area (Å²) in [5.41, 5.74) is 0.679. The lowest BCUT2D eigenvalue weighted by Crippen LogP contribution is -2.32. The van der Waals surface area contributed by atoms with E-state index in [-0.39, 0.29) is 5.56 Å². The molecule has 0 spiro atoms. The van der Waals surface area contributed by atoms with Crippen molar-refractivity contribution in [3.8, 4) is 0 Å². The van der Waals surface area contributed by atoms with Crippen LogP contribution in [-0.2, 0) is 6.54 Å². The molecular weight excluding hydrogens is 233 g/mol. The van der Waals surface area contributed by atoms with Gasteiger partial charge in [0.2, 0.25) is 0 Å². The second kappa shape index (κ2) is 5.96. The molecule has 0 amide bonds. The third-order valence-electron chi connectivity index (χ3n) is 3.30. The van der Waals surface area contributed by atoms with E-state index >= 15 is 0 Å². The van der Waals surface area contributed by atoms with Gasteiger partial charge >= 0.3 is 5.97 Å². The van der Waals surface area contributed by atoms with Crippen LogP contribution in [0.2, 0.25) is 0 Å². The maximum absolute atomic E-state index is 13.3. The zero-order chi connectivity index (χ0) is 13.9. The van der Waals surface area contributed by atoms with Crippen LogP contribution in [0.3, 0.4) is 0 Å². The number of carboxylic acids is 1. The van der Waals surface area contributed by atoms with E-state index < -0.39 is 11.8 Å². The molecule has 0 heterocycles. The summed E-state index contributed by atoms with van der Waals surface area (Å²) in [6.07, 6.45) is 0. The zero-order valence-electron chi connectivity index (χ0n) is 11.3. The van der Waals surface area contributed by atoms with Gasteiger partial charge in [0.25, 0.3) is 0 Å².